The van der Waals surface area contributed by atoms with Gasteiger partial charge in [-0.15, -0.1) is 0 Å². The van der Waals surface area contributed by atoms with Gasteiger partial charge in [0.2, 0.25) is 0 Å². The number of ether oxygens (including phenoxy) is 1. The molecule has 0 aliphatic heterocycles. The summed E-state index contributed by atoms with van der Waals surface area (Å²) in [5, 5.41) is 0. The Morgan fingerprint density at radius 1 is 1.21 bits per heavy atom. The number of rotatable bonds is 6. The van der Waals surface area contributed by atoms with E-state index in [2.05, 4.69) is 15.0 Å². The number of hydrogen-bond donors (Lipinski definition) is 0. The first kappa shape index (κ1) is 16.6. The Bertz CT molecular complexity index is 845. The van der Waals surface area contributed by atoms with E-state index in [1.807, 2.05) is 49.3 Å². The third kappa shape index (κ3) is 3.99. The molecule has 0 spiro atoms. The number of hydrogen-bond acceptors (Lipinski definition) is 5. The molecule has 0 aliphatic carbocycles. The number of nitrogens with zero attached hydrogens (tertiary/aromatic N) is 4. The monoisotopic (exact) mass is 391 g/mol. The Kier molecular flexibility index (Phi) is 5.23. The SMILES string of the molecule is CN(C)c1ncc(/C=C/c2nc3cc(OCC[18F])ccc3[se]2)cn1. The Morgan fingerprint density at radius 3 is 2.71 bits per heavy atom. The molecule has 3 rings (SSSR count). The summed E-state index contributed by atoms with van der Waals surface area (Å²) >= 11 is 0.162. The molecule has 2 heterocycles. The number of fused-ring (bicyclic) bond motifs is 1. The van der Waals surface area contributed by atoms with Gasteiger partial charge in [0.25, 0.3) is 0 Å². The molecule has 0 unspecified atom stereocenters. The predicted molar refractivity (Wildman–Crippen MR) is 95.4 cm³/mol. The van der Waals surface area contributed by atoms with Crippen molar-refractivity contribution in [1.82, 2.24) is 15.0 Å². The second-order valence-corrected chi connectivity index (χ2v) is 7.49. The summed E-state index contributed by atoms with van der Waals surface area (Å²) in [4.78, 5) is 15.0. The van der Waals surface area contributed by atoms with Crippen LogP contribution >= 0.6 is 0 Å². The Labute approximate surface area is 145 Å². The van der Waals surface area contributed by atoms with Gasteiger partial charge in [-0.3, -0.25) is 0 Å². The number of alkyl halides is 1. The quantitative estimate of drug-likeness (QED) is 0.606. The summed E-state index contributed by atoms with van der Waals surface area (Å²) < 4.78 is 19.7. The van der Waals surface area contributed by atoms with E-state index in [1.165, 1.54) is 4.26 Å². The van der Waals surface area contributed by atoms with Crippen LogP contribution in [0.15, 0.2) is 30.6 Å². The fraction of sp³-hybridized carbons (Fsp3) is 0.235. The molecule has 7 heteroatoms. The zero-order valence-corrected chi connectivity index (χ0v) is 15.2. The maximum atomic E-state index is 12.2. The van der Waals surface area contributed by atoms with E-state index in [-0.39, 0.29) is 21.1 Å². The molecule has 0 saturated carbocycles. The van der Waals surface area contributed by atoms with Crippen LogP contribution in [-0.2, 0) is 0 Å². The van der Waals surface area contributed by atoms with Gasteiger partial charge in [-0.2, -0.15) is 0 Å². The summed E-state index contributed by atoms with van der Waals surface area (Å²) in [6, 6.07) is 5.73. The zero-order chi connectivity index (χ0) is 16.9. The van der Waals surface area contributed by atoms with Crippen LogP contribution in [0.1, 0.15) is 10.1 Å². The van der Waals surface area contributed by atoms with E-state index in [9.17, 15) is 4.39 Å². The Morgan fingerprint density at radius 2 is 2.00 bits per heavy atom. The fourth-order valence-corrected chi connectivity index (χ4v) is 3.84. The second kappa shape index (κ2) is 7.55. The first-order chi connectivity index (χ1) is 11.7. The molecule has 0 N–H and O–H groups in total. The molecular weight excluding hydrogens is 373 g/mol. The maximum absolute atomic E-state index is 12.2. The average molecular weight is 390 g/mol. The molecule has 124 valence electrons. The van der Waals surface area contributed by atoms with Gasteiger partial charge < -0.3 is 0 Å². The topological polar surface area (TPSA) is 51.1 Å². The van der Waals surface area contributed by atoms with Crippen molar-refractivity contribution < 1.29 is 9.13 Å². The number of aromatic nitrogens is 3. The van der Waals surface area contributed by atoms with Gasteiger partial charge in [0.05, 0.1) is 0 Å². The van der Waals surface area contributed by atoms with Crippen LogP contribution in [0.4, 0.5) is 10.3 Å². The number of anilines is 1. The van der Waals surface area contributed by atoms with Crippen LogP contribution in [0.2, 0.25) is 0 Å². The predicted octanol–water partition coefficient (Wildman–Crippen LogP) is 2.67. The van der Waals surface area contributed by atoms with Crippen LogP contribution in [0.3, 0.4) is 0 Å². The van der Waals surface area contributed by atoms with Crippen molar-refractivity contribution in [3.8, 4) is 5.75 Å². The van der Waals surface area contributed by atoms with Crippen LogP contribution in [0.5, 0.6) is 5.75 Å². The summed E-state index contributed by atoms with van der Waals surface area (Å²) in [6.07, 6.45) is 7.54. The van der Waals surface area contributed by atoms with Gasteiger partial charge in [0.1, 0.15) is 0 Å². The molecule has 5 nitrogen and oxygen atoms in total. The van der Waals surface area contributed by atoms with Gasteiger partial charge in [0, 0.05) is 0 Å². The molecule has 0 atom stereocenters. The van der Waals surface area contributed by atoms with Crippen molar-refractivity contribution in [1.29, 1.82) is 0 Å². The molecule has 0 bridgehead atoms. The molecule has 2 aromatic heterocycles. The Hall–Kier alpha value is -2.24. The minimum absolute atomic E-state index is 0.0728. The van der Waals surface area contributed by atoms with Crippen molar-refractivity contribution in [2.75, 3.05) is 32.3 Å². The molecule has 0 radical (unpaired) electrons. The first-order valence-electron chi connectivity index (χ1n) is 7.42. The zero-order valence-electron chi connectivity index (χ0n) is 13.4. The van der Waals surface area contributed by atoms with Crippen molar-refractivity contribution >= 4 is 42.4 Å². The van der Waals surface area contributed by atoms with E-state index in [1.54, 1.807) is 12.4 Å². The Balaban J connectivity index is 1.76. The van der Waals surface area contributed by atoms with E-state index < -0.39 is 6.67 Å². The van der Waals surface area contributed by atoms with E-state index in [4.69, 9.17) is 4.74 Å². The van der Waals surface area contributed by atoms with E-state index in [0.29, 0.717) is 11.7 Å². The van der Waals surface area contributed by atoms with Gasteiger partial charge in [-0.05, 0) is 0 Å². The normalized spacial score (nSPS) is 11.3. The van der Waals surface area contributed by atoms with E-state index >= 15 is 0 Å². The molecule has 0 saturated heterocycles. The van der Waals surface area contributed by atoms with Crippen LogP contribution < -0.4 is 9.64 Å². The molecule has 3 aromatic rings. The van der Waals surface area contributed by atoms with Gasteiger partial charge >= 0.3 is 145 Å². The molecule has 1 aromatic carbocycles. The third-order valence-electron chi connectivity index (χ3n) is 3.20. The molecule has 0 fully saturated rings. The van der Waals surface area contributed by atoms with Crippen LogP contribution in [-0.4, -0.2) is 56.8 Å². The van der Waals surface area contributed by atoms with Crippen molar-refractivity contribution in [3.63, 3.8) is 0 Å². The van der Waals surface area contributed by atoms with Crippen LogP contribution in [0.25, 0.3) is 21.9 Å². The molecule has 0 aliphatic rings. The summed E-state index contributed by atoms with van der Waals surface area (Å²) in [5.74, 6) is 1.34. The third-order valence-corrected chi connectivity index (χ3v) is 5.30. The molecule has 24 heavy (non-hydrogen) atoms. The standard InChI is InChI=1S/C17H17FN4OSe/c1-22(2)17-19-10-12(11-20-17)3-6-16-21-14-9-13(23-8-7-18)4-5-15(14)24-16/h3-6,9-11H,7-8H2,1-2H3/b6-3+/i18-1. The average Bonchev–Trinajstić information content (AvgIpc) is 3.00. The van der Waals surface area contributed by atoms with Crippen molar-refractivity contribution in [2.24, 2.45) is 0 Å². The van der Waals surface area contributed by atoms with Gasteiger partial charge in [0.15, 0.2) is 0 Å². The van der Waals surface area contributed by atoms with Gasteiger partial charge in [-0.25, -0.2) is 0 Å². The first-order valence-corrected chi connectivity index (χ1v) is 9.14. The summed E-state index contributed by atoms with van der Waals surface area (Å²) in [6.45, 7) is -0.420. The second-order valence-electron chi connectivity index (χ2n) is 5.26. The minimum atomic E-state index is -0.493. The van der Waals surface area contributed by atoms with Crippen molar-refractivity contribution in [3.05, 3.63) is 40.7 Å². The van der Waals surface area contributed by atoms with Crippen LogP contribution in [0, 0.1) is 0 Å². The summed E-state index contributed by atoms with van der Waals surface area (Å²) in [7, 11) is 3.81. The number of halogens is 1. The van der Waals surface area contributed by atoms with E-state index in [0.717, 1.165) is 15.6 Å². The fourth-order valence-electron chi connectivity index (χ4n) is 2.06. The van der Waals surface area contributed by atoms with Crippen molar-refractivity contribution in [2.45, 2.75) is 0 Å². The summed E-state index contributed by atoms with van der Waals surface area (Å²) in [5.41, 5.74) is 1.84. The molecular formula is C17H17FN4OSe. The molecule has 0 amide bonds. The number of benzene rings is 1. The van der Waals surface area contributed by atoms with Gasteiger partial charge in [-0.1, -0.05) is 0 Å².